The van der Waals surface area contributed by atoms with Crippen molar-refractivity contribution in [1.29, 1.82) is 0 Å². The topological polar surface area (TPSA) is 61.4 Å². The Kier molecular flexibility index (Phi) is 4.62. The van der Waals surface area contributed by atoms with Crippen LogP contribution in [-0.4, -0.2) is 36.8 Å². The molecule has 0 aromatic heterocycles. The van der Waals surface area contributed by atoms with Gasteiger partial charge in [0.15, 0.2) is 0 Å². The van der Waals surface area contributed by atoms with E-state index in [1.165, 1.54) is 12.8 Å². The number of carbonyl (C=O) groups excluding carboxylic acids is 1. The Morgan fingerprint density at radius 3 is 2.78 bits per heavy atom. The predicted octanol–water partition coefficient (Wildman–Crippen LogP) is 1.04. The van der Waals surface area contributed by atoms with Crippen molar-refractivity contribution in [2.24, 2.45) is 11.3 Å². The van der Waals surface area contributed by atoms with Gasteiger partial charge in [-0.2, -0.15) is 0 Å². The monoisotopic (exact) mass is 254 g/mol. The van der Waals surface area contributed by atoms with Crippen molar-refractivity contribution < 1.29 is 9.90 Å². The van der Waals surface area contributed by atoms with E-state index in [4.69, 9.17) is 0 Å². The molecule has 0 bridgehead atoms. The fourth-order valence-corrected chi connectivity index (χ4v) is 3.30. The molecular weight excluding hydrogens is 228 g/mol. The van der Waals surface area contributed by atoms with E-state index in [0.29, 0.717) is 12.6 Å². The molecule has 2 fully saturated rings. The number of nitrogens with one attached hydrogen (secondary N) is 2. The molecule has 3 N–H and O–H groups in total. The van der Waals surface area contributed by atoms with Crippen molar-refractivity contribution in [3.63, 3.8) is 0 Å². The standard InChI is InChI=1S/C14H26N2O2/c1-11-8-12(4-7-15-11)13(18)16-9-14(10-17)5-2-3-6-14/h11-12,15,17H,2-10H2,1H3,(H,16,18). The Bertz CT molecular complexity index is 288. The molecule has 1 aliphatic heterocycles. The van der Waals surface area contributed by atoms with E-state index >= 15 is 0 Å². The molecule has 2 unspecified atom stereocenters. The average Bonchev–Trinajstić information content (AvgIpc) is 2.85. The SMILES string of the molecule is CC1CC(C(=O)NCC2(CO)CCCC2)CCN1. The Labute approximate surface area is 110 Å². The highest BCUT2D eigenvalue weighted by atomic mass is 16.3. The van der Waals surface area contributed by atoms with Crippen LogP contribution in [0.4, 0.5) is 0 Å². The Hall–Kier alpha value is -0.610. The van der Waals surface area contributed by atoms with Gasteiger partial charge < -0.3 is 15.7 Å². The second-order valence-corrected chi connectivity index (χ2v) is 6.16. The number of amides is 1. The van der Waals surface area contributed by atoms with E-state index in [0.717, 1.165) is 32.2 Å². The minimum atomic E-state index is -0.0335. The molecule has 18 heavy (non-hydrogen) atoms. The van der Waals surface area contributed by atoms with Gasteiger partial charge in [-0.15, -0.1) is 0 Å². The smallest absolute Gasteiger partial charge is 0.223 e. The molecule has 1 heterocycles. The maximum atomic E-state index is 12.1. The zero-order chi connectivity index (χ0) is 13.0. The quantitative estimate of drug-likeness (QED) is 0.702. The first-order valence-corrected chi connectivity index (χ1v) is 7.27. The van der Waals surface area contributed by atoms with Crippen LogP contribution in [0.3, 0.4) is 0 Å². The Balaban J connectivity index is 1.80. The number of carbonyl (C=O) groups is 1. The highest BCUT2D eigenvalue weighted by Gasteiger charge is 2.34. The molecule has 1 amide bonds. The van der Waals surface area contributed by atoms with Crippen molar-refractivity contribution in [3.05, 3.63) is 0 Å². The largest absolute Gasteiger partial charge is 0.396 e. The van der Waals surface area contributed by atoms with Crippen LogP contribution in [0, 0.1) is 11.3 Å². The van der Waals surface area contributed by atoms with Gasteiger partial charge in [-0.25, -0.2) is 0 Å². The molecule has 104 valence electrons. The second kappa shape index (κ2) is 6.02. The van der Waals surface area contributed by atoms with Gasteiger partial charge in [0.25, 0.3) is 0 Å². The minimum absolute atomic E-state index is 0.0335. The molecule has 1 saturated carbocycles. The van der Waals surface area contributed by atoms with Gasteiger partial charge in [-0.3, -0.25) is 4.79 Å². The number of aliphatic hydroxyl groups is 1. The van der Waals surface area contributed by atoms with Gasteiger partial charge >= 0.3 is 0 Å². The first-order valence-electron chi connectivity index (χ1n) is 7.27. The van der Waals surface area contributed by atoms with Crippen LogP contribution in [0.25, 0.3) is 0 Å². The summed E-state index contributed by atoms with van der Waals surface area (Å²) < 4.78 is 0. The summed E-state index contributed by atoms with van der Waals surface area (Å²) in [5.41, 5.74) is -0.0335. The van der Waals surface area contributed by atoms with Crippen LogP contribution in [0.5, 0.6) is 0 Å². The lowest BCUT2D eigenvalue weighted by Gasteiger charge is -2.30. The van der Waals surface area contributed by atoms with Crippen molar-refractivity contribution >= 4 is 5.91 Å². The molecule has 2 rings (SSSR count). The number of aliphatic hydroxyl groups excluding tert-OH is 1. The summed E-state index contributed by atoms with van der Waals surface area (Å²) >= 11 is 0. The summed E-state index contributed by atoms with van der Waals surface area (Å²) in [6, 6.07) is 0.438. The van der Waals surface area contributed by atoms with Crippen LogP contribution in [0.2, 0.25) is 0 Å². The molecule has 0 spiro atoms. The molecule has 0 aromatic carbocycles. The second-order valence-electron chi connectivity index (χ2n) is 6.16. The summed E-state index contributed by atoms with van der Waals surface area (Å²) in [6.45, 7) is 3.92. The minimum Gasteiger partial charge on any atom is -0.396 e. The van der Waals surface area contributed by atoms with Crippen molar-refractivity contribution in [1.82, 2.24) is 10.6 Å². The molecule has 1 aliphatic carbocycles. The summed E-state index contributed by atoms with van der Waals surface area (Å²) in [6.07, 6.45) is 6.32. The van der Waals surface area contributed by atoms with Gasteiger partial charge in [0.2, 0.25) is 5.91 Å². The summed E-state index contributed by atoms with van der Waals surface area (Å²) in [4.78, 5) is 12.1. The summed E-state index contributed by atoms with van der Waals surface area (Å²) in [7, 11) is 0. The lowest BCUT2D eigenvalue weighted by molar-refractivity contribution is -0.126. The van der Waals surface area contributed by atoms with Crippen LogP contribution in [0.15, 0.2) is 0 Å². The highest BCUT2D eigenvalue weighted by molar-refractivity contribution is 5.78. The summed E-state index contributed by atoms with van der Waals surface area (Å²) in [5.74, 6) is 0.335. The first kappa shape index (κ1) is 13.8. The number of hydrogen-bond donors (Lipinski definition) is 3. The number of rotatable bonds is 4. The van der Waals surface area contributed by atoms with Crippen molar-refractivity contribution in [2.75, 3.05) is 19.7 Å². The maximum Gasteiger partial charge on any atom is 0.223 e. The lowest BCUT2D eigenvalue weighted by Crippen LogP contribution is -2.45. The zero-order valence-electron chi connectivity index (χ0n) is 11.4. The molecule has 2 atom stereocenters. The third-order valence-corrected chi connectivity index (χ3v) is 4.63. The van der Waals surface area contributed by atoms with Crippen molar-refractivity contribution in [3.8, 4) is 0 Å². The first-order chi connectivity index (χ1) is 8.65. The maximum absolute atomic E-state index is 12.1. The Morgan fingerprint density at radius 2 is 2.17 bits per heavy atom. The van der Waals surface area contributed by atoms with E-state index in [2.05, 4.69) is 17.6 Å². The highest BCUT2D eigenvalue weighted by Crippen LogP contribution is 2.37. The fraction of sp³-hybridized carbons (Fsp3) is 0.929. The molecule has 0 radical (unpaired) electrons. The van der Waals surface area contributed by atoms with Gasteiger partial charge in [-0.05, 0) is 39.2 Å². The molecular formula is C14H26N2O2. The molecule has 2 aliphatic rings. The van der Waals surface area contributed by atoms with E-state index in [1.54, 1.807) is 0 Å². The van der Waals surface area contributed by atoms with Crippen molar-refractivity contribution in [2.45, 2.75) is 51.5 Å². The van der Waals surface area contributed by atoms with Gasteiger partial charge in [0.1, 0.15) is 0 Å². The third-order valence-electron chi connectivity index (χ3n) is 4.63. The van der Waals surface area contributed by atoms with Crippen LogP contribution in [0.1, 0.15) is 45.4 Å². The summed E-state index contributed by atoms with van der Waals surface area (Å²) in [5, 5.41) is 16.0. The predicted molar refractivity (Wildman–Crippen MR) is 71.2 cm³/mol. The van der Waals surface area contributed by atoms with E-state index in [1.807, 2.05) is 0 Å². The molecule has 1 saturated heterocycles. The van der Waals surface area contributed by atoms with Gasteiger partial charge in [-0.1, -0.05) is 12.8 Å². The van der Waals surface area contributed by atoms with E-state index in [-0.39, 0.29) is 23.8 Å². The number of hydrogen-bond acceptors (Lipinski definition) is 3. The average molecular weight is 254 g/mol. The van der Waals surface area contributed by atoms with E-state index in [9.17, 15) is 9.90 Å². The third kappa shape index (κ3) is 3.23. The molecule has 4 heteroatoms. The molecule has 4 nitrogen and oxygen atoms in total. The van der Waals surface area contributed by atoms with Gasteiger partial charge in [0, 0.05) is 23.9 Å². The van der Waals surface area contributed by atoms with Crippen LogP contribution >= 0.6 is 0 Å². The molecule has 0 aromatic rings. The zero-order valence-corrected chi connectivity index (χ0v) is 11.4. The number of piperidine rings is 1. The fourth-order valence-electron chi connectivity index (χ4n) is 3.30. The van der Waals surface area contributed by atoms with Crippen LogP contribution in [-0.2, 0) is 4.79 Å². The van der Waals surface area contributed by atoms with Gasteiger partial charge in [0.05, 0.1) is 6.61 Å². The Morgan fingerprint density at radius 1 is 1.44 bits per heavy atom. The van der Waals surface area contributed by atoms with E-state index < -0.39 is 0 Å². The normalized spacial score (nSPS) is 31.2. The lowest BCUT2D eigenvalue weighted by atomic mass is 9.86. The van der Waals surface area contributed by atoms with Crippen LogP contribution < -0.4 is 10.6 Å².